The molecule has 0 N–H and O–H groups in total. The summed E-state index contributed by atoms with van der Waals surface area (Å²) in [6, 6.07) is 11.7. The van der Waals surface area contributed by atoms with Gasteiger partial charge in [0.1, 0.15) is 5.75 Å². The van der Waals surface area contributed by atoms with Crippen molar-refractivity contribution in [3.8, 4) is 5.75 Å². The molecule has 0 aliphatic heterocycles. The van der Waals surface area contributed by atoms with E-state index in [1.165, 1.54) is 16.7 Å². The van der Waals surface area contributed by atoms with Crippen molar-refractivity contribution in [2.24, 2.45) is 0 Å². The van der Waals surface area contributed by atoms with Crippen molar-refractivity contribution in [1.82, 2.24) is 0 Å². The summed E-state index contributed by atoms with van der Waals surface area (Å²) in [4.78, 5) is 12.6. The van der Waals surface area contributed by atoms with Gasteiger partial charge in [-0.3, -0.25) is 4.79 Å². The molecule has 2 nitrogen and oxygen atoms in total. The van der Waals surface area contributed by atoms with Crippen molar-refractivity contribution < 1.29 is 9.53 Å². The molecule has 0 aliphatic rings. The fourth-order valence-corrected chi connectivity index (χ4v) is 2.72. The molecule has 0 spiro atoms. The number of aryl methyl sites for hydroxylation is 3. The van der Waals surface area contributed by atoms with Gasteiger partial charge in [-0.1, -0.05) is 29.8 Å². The molecule has 0 unspecified atom stereocenters. The molecule has 0 radical (unpaired) electrons. The molecule has 0 bridgehead atoms. The van der Waals surface area contributed by atoms with Gasteiger partial charge in [0, 0.05) is 6.42 Å². The van der Waals surface area contributed by atoms with Crippen LogP contribution in [0.5, 0.6) is 5.75 Å². The largest absolute Gasteiger partial charge is 0.493 e. The normalized spacial score (nSPS) is 10.5. The number of para-hydroxylation sites is 1. The predicted octanol–water partition coefficient (Wildman–Crippen LogP) is 4.44. The fraction of sp³-hybridized carbons (Fsp3) is 0.316. The van der Waals surface area contributed by atoms with Crippen molar-refractivity contribution in [2.75, 3.05) is 6.61 Å². The van der Waals surface area contributed by atoms with Crippen LogP contribution in [0.25, 0.3) is 0 Å². The van der Waals surface area contributed by atoms with E-state index in [9.17, 15) is 4.79 Å². The maximum Gasteiger partial charge on any atom is 0.170 e. The molecule has 0 saturated carbocycles. The predicted molar refractivity (Wildman–Crippen MR) is 86.3 cm³/mol. The first-order valence-electron chi connectivity index (χ1n) is 7.34. The summed E-state index contributed by atoms with van der Waals surface area (Å²) in [7, 11) is 0. The minimum atomic E-state index is 0.106. The van der Waals surface area contributed by atoms with Crippen LogP contribution >= 0.6 is 0 Å². The number of carbonyl (C=O) groups excluding carboxylic acids is 1. The first-order chi connectivity index (χ1) is 10.0. The van der Waals surface area contributed by atoms with Crippen LogP contribution in [0.15, 0.2) is 36.4 Å². The van der Waals surface area contributed by atoms with Crippen LogP contribution < -0.4 is 4.74 Å². The molecule has 0 amide bonds. The monoisotopic (exact) mass is 282 g/mol. The smallest absolute Gasteiger partial charge is 0.170 e. The lowest BCUT2D eigenvalue weighted by atomic mass is 9.93. The number of hydrogen-bond acceptors (Lipinski definition) is 2. The number of carbonyl (C=O) groups is 1. The Morgan fingerprint density at radius 2 is 1.67 bits per heavy atom. The van der Waals surface area contributed by atoms with Gasteiger partial charge in [0.15, 0.2) is 5.78 Å². The van der Waals surface area contributed by atoms with E-state index in [-0.39, 0.29) is 5.78 Å². The van der Waals surface area contributed by atoms with Crippen LogP contribution in [-0.4, -0.2) is 12.4 Å². The molecular weight excluding hydrogens is 260 g/mol. The summed E-state index contributed by atoms with van der Waals surface area (Å²) in [5.74, 6) is 0.779. The molecule has 0 fully saturated rings. The lowest BCUT2D eigenvalue weighted by molar-refractivity contribution is 0.0989. The zero-order valence-corrected chi connectivity index (χ0v) is 13.2. The van der Waals surface area contributed by atoms with Crippen LogP contribution in [0.3, 0.4) is 0 Å². The van der Waals surface area contributed by atoms with Crippen molar-refractivity contribution in [3.63, 3.8) is 0 Å². The third-order valence-corrected chi connectivity index (χ3v) is 3.67. The van der Waals surface area contributed by atoms with E-state index in [4.69, 9.17) is 4.74 Å². The zero-order chi connectivity index (χ0) is 15.4. The first-order valence-corrected chi connectivity index (χ1v) is 7.34. The van der Waals surface area contributed by atoms with E-state index in [0.717, 1.165) is 5.56 Å². The third-order valence-electron chi connectivity index (χ3n) is 3.67. The Labute approximate surface area is 126 Å². The van der Waals surface area contributed by atoms with Crippen LogP contribution in [0.4, 0.5) is 0 Å². The van der Waals surface area contributed by atoms with Crippen molar-refractivity contribution in [1.29, 1.82) is 0 Å². The Morgan fingerprint density at radius 1 is 1.05 bits per heavy atom. The molecular formula is C19H22O2. The molecule has 110 valence electrons. The Bertz CT molecular complexity index is 633. The van der Waals surface area contributed by atoms with Crippen LogP contribution in [-0.2, 0) is 6.42 Å². The Balaban J connectivity index is 2.31. The highest BCUT2D eigenvalue weighted by Gasteiger charge is 2.15. The average molecular weight is 282 g/mol. The number of ether oxygens (including phenoxy) is 1. The second-order valence-corrected chi connectivity index (χ2v) is 5.41. The molecule has 2 rings (SSSR count). The van der Waals surface area contributed by atoms with Crippen molar-refractivity contribution >= 4 is 5.78 Å². The van der Waals surface area contributed by atoms with Gasteiger partial charge in [-0.25, -0.2) is 0 Å². The van der Waals surface area contributed by atoms with Gasteiger partial charge in [0.2, 0.25) is 0 Å². The van der Waals surface area contributed by atoms with Crippen LogP contribution in [0.1, 0.15) is 39.5 Å². The van der Waals surface area contributed by atoms with E-state index in [1.54, 1.807) is 0 Å². The topological polar surface area (TPSA) is 26.3 Å². The van der Waals surface area contributed by atoms with Crippen molar-refractivity contribution in [3.05, 3.63) is 64.2 Å². The van der Waals surface area contributed by atoms with Crippen molar-refractivity contribution in [2.45, 2.75) is 34.1 Å². The van der Waals surface area contributed by atoms with E-state index in [1.807, 2.05) is 31.2 Å². The van der Waals surface area contributed by atoms with E-state index < -0.39 is 0 Å². The molecule has 2 aromatic rings. The summed E-state index contributed by atoms with van der Waals surface area (Å²) in [6.45, 7) is 8.70. The van der Waals surface area contributed by atoms with Gasteiger partial charge in [0.05, 0.1) is 12.2 Å². The van der Waals surface area contributed by atoms with Gasteiger partial charge < -0.3 is 4.74 Å². The zero-order valence-electron chi connectivity index (χ0n) is 13.2. The van der Waals surface area contributed by atoms with E-state index in [2.05, 4.69) is 32.9 Å². The average Bonchev–Trinajstić information content (AvgIpc) is 2.43. The molecule has 0 heterocycles. The molecule has 0 saturated heterocycles. The minimum absolute atomic E-state index is 0.106. The summed E-state index contributed by atoms with van der Waals surface area (Å²) < 4.78 is 5.55. The van der Waals surface area contributed by atoms with Gasteiger partial charge in [-0.15, -0.1) is 0 Å². The van der Waals surface area contributed by atoms with Gasteiger partial charge in [-0.05, 0) is 56.5 Å². The van der Waals surface area contributed by atoms with Crippen LogP contribution in [0, 0.1) is 20.8 Å². The van der Waals surface area contributed by atoms with Crippen LogP contribution in [0.2, 0.25) is 0 Å². The Morgan fingerprint density at radius 3 is 2.29 bits per heavy atom. The third kappa shape index (κ3) is 3.52. The second-order valence-electron chi connectivity index (χ2n) is 5.41. The standard InChI is InChI=1S/C19H22O2/c1-5-21-19-9-7-6-8-16(19)18(20)12-17-14(3)10-13(2)11-15(17)4/h6-11H,5,12H2,1-4H3. The second kappa shape index (κ2) is 6.57. The fourth-order valence-electron chi connectivity index (χ4n) is 2.72. The summed E-state index contributed by atoms with van der Waals surface area (Å²) >= 11 is 0. The van der Waals surface area contributed by atoms with E-state index >= 15 is 0 Å². The highest BCUT2D eigenvalue weighted by molar-refractivity contribution is 6.00. The molecule has 0 aromatic heterocycles. The molecule has 0 aliphatic carbocycles. The highest BCUT2D eigenvalue weighted by Crippen LogP contribution is 2.23. The molecule has 0 atom stereocenters. The molecule has 2 heteroatoms. The molecule has 21 heavy (non-hydrogen) atoms. The Kier molecular flexibility index (Phi) is 4.79. The number of benzene rings is 2. The van der Waals surface area contributed by atoms with Gasteiger partial charge in [-0.2, -0.15) is 0 Å². The minimum Gasteiger partial charge on any atom is -0.493 e. The number of hydrogen-bond donors (Lipinski definition) is 0. The maximum atomic E-state index is 12.6. The quantitative estimate of drug-likeness (QED) is 0.758. The summed E-state index contributed by atoms with van der Waals surface area (Å²) in [5.41, 5.74) is 5.37. The van der Waals surface area contributed by atoms with Gasteiger partial charge >= 0.3 is 0 Å². The lowest BCUT2D eigenvalue weighted by Gasteiger charge is -2.13. The number of ketones is 1. The first kappa shape index (κ1) is 15.3. The van der Waals surface area contributed by atoms with Gasteiger partial charge in [0.25, 0.3) is 0 Å². The van der Waals surface area contributed by atoms with E-state index in [0.29, 0.717) is 24.3 Å². The number of rotatable bonds is 5. The summed E-state index contributed by atoms with van der Waals surface area (Å²) in [5, 5.41) is 0. The number of Topliss-reactive ketones (excluding diaryl/α,β-unsaturated/α-hetero) is 1. The Hall–Kier alpha value is -2.09. The maximum absolute atomic E-state index is 12.6. The summed E-state index contributed by atoms with van der Waals surface area (Å²) in [6.07, 6.45) is 0.419. The lowest BCUT2D eigenvalue weighted by Crippen LogP contribution is -2.09. The SMILES string of the molecule is CCOc1ccccc1C(=O)Cc1c(C)cc(C)cc1C. The molecule has 2 aromatic carbocycles. The highest BCUT2D eigenvalue weighted by atomic mass is 16.5.